The Morgan fingerprint density at radius 2 is 1.84 bits per heavy atom. The summed E-state index contributed by atoms with van der Waals surface area (Å²) < 4.78 is 16.0. The van der Waals surface area contributed by atoms with Gasteiger partial charge in [0.25, 0.3) is 5.91 Å². The first-order valence-electron chi connectivity index (χ1n) is 7.91. The monoisotopic (exact) mass is 341 g/mol. The number of nitrogens with zero attached hydrogens (tertiary/aromatic N) is 1. The van der Waals surface area contributed by atoms with Gasteiger partial charge >= 0.3 is 0 Å². The van der Waals surface area contributed by atoms with Crippen LogP contribution in [-0.4, -0.2) is 39.1 Å². The van der Waals surface area contributed by atoms with Gasteiger partial charge in [-0.15, -0.1) is 0 Å². The van der Waals surface area contributed by atoms with E-state index >= 15 is 0 Å². The smallest absolute Gasteiger partial charge is 0.264 e. The molecule has 0 fully saturated rings. The second-order valence-corrected chi connectivity index (χ2v) is 5.54. The van der Waals surface area contributed by atoms with Gasteiger partial charge in [0.15, 0.2) is 23.9 Å². The molecule has 0 spiro atoms. The molecule has 0 saturated carbocycles. The molecule has 0 aromatic heterocycles. The molecular formula is C19H19NO5. The molecule has 0 aliphatic carbocycles. The minimum absolute atomic E-state index is 0.00333. The lowest BCUT2D eigenvalue weighted by Crippen LogP contribution is -2.40. The zero-order chi connectivity index (χ0) is 17.8. The summed E-state index contributed by atoms with van der Waals surface area (Å²) in [6, 6.07) is 12.3. The molecule has 0 unspecified atom stereocenters. The van der Waals surface area contributed by atoms with Gasteiger partial charge in [-0.2, -0.15) is 0 Å². The van der Waals surface area contributed by atoms with E-state index < -0.39 is 0 Å². The number of ketones is 1. The van der Waals surface area contributed by atoms with E-state index in [9.17, 15) is 9.59 Å². The van der Waals surface area contributed by atoms with Crippen LogP contribution in [0.4, 0.5) is 5.69 Å². The number of fused-ring (bicyclic) bond motifs is 1. The number of hydrogen-bond acceptors (Lipinski definition) is 5. The largest absolute Gasteiger partial charge is 0.497 e. The molecule has 2 aromatic carbocycles. The highest BCUT2D eigenvalue weighted by Gasteiger charge is 2.28. The third-order valence-electron chi connectivity index (χ3n) is 4.08. The van der Waals surface area contributed by atoms with Crippen LogP contribution in [0.25, 0.3) is 0 Å². The van der Waals surface area contributed by atoms with Crippen LogP contribution in [0.15, 0.2) is 42.5 Å². The average molecular weight is 341 g/mol. The van der Waals surface area contributed by atoms with Crippen LogP contribution in [-0.2, 0) is 4.79 Å². The predicted octanol–water partition coefficient (Wildman–Crippen LogP) is 2.70. The maximum Gasteiger partial charge on any atom is 0.264 e. The van der Waals surface area contributed by atoms with Crippen LogP contribution >= 0.6 is 0 Å². The predicted molar refractivity (Wildman–Crippen MR) is 92.8 cm³/mol. The van der Waals surface area contributed by atoms with Crippen molar-refractivity contribution in [1.82, 2.24) is 0 Å². The fourth-order valence-corrected chi connectivity index (χ4v) is 2.78. The van der Waals surface area contributed by atoms with Crippen molar-refractivity contribution in [2.75, 3.05) is 32.3 Å². The number of para-hydroxylation sites is 2. The lowest BCUT2D eigenvalue weighted by Gasteiger charge is -2.29. The number of carbonyl (C=O) groups excluding carboxylic acids is 2. The summed E-state index contributed by atoms with van der Waals surface area (Å²) in [6.07, 6.45) is 0.278. The van der Waals surface area contributed by atoms with Crippen molar-refractivity contribution < 1.29 is 23.8 Å². The molecule has 0 atom stereocenters. The summed E-state index contributed by atoms with van der Waals surface area (Å²) in [5.41, 5.74) is 1.09. The molecule has 0 N–H and O–H groups in total. The van der Waals surface area contributed by atoms with Gasteiger partial charge < -0.3 is 19.1 Å². The second-order valence-electron chi connectivity index (χ2n) is 5.54. The van der Waals surface area contributed by atoms with Gasteiger partial charge in [0.05, 0.1) is 19.9 Å². The number of carbonyl (C=O) groups is 2. The SMILES string of the molecule is COc1ccc2c(c1)C(=O)CCN2C(=O)COc1ccccc1OC. The molecule has 6 nitrogen and oxygen atoms in total. The van der Waals surface area contributed by atoms with Gasteiger partial charge in [0.2, 0.25) is 0 Å². The summed E-state index contributed by atoms with van der Waals surface area (Å²) in [5, 5.41) is 0. The molecule has 25 heavy (non-hydrogen) atoms. The van der Waals surface area contributed by atoms with Crippen molar-refractivity contribution in [1.29, 1.82) is 0 Å². The number of Topliss-reactive ketones (excluding diaryl/α,β-unsaturated/α-hetero) is 1. The first-order valence-corrected chi connectivity index (χ1v) is 7.91. The summed E-state index contributed by atoms with van der Waals surface area (Å²) in [4.78, 5) is 26.3. The van der Waals surface area contributed by atoms with E-state index in [0.717, 1.165) is 0 Å². The van der Waals surface area contributed by atoms with Gasteiger partial charge in [-0.1, -0.05) is 12.1 Å². The quantitative estimate of drug-likeness (QED) is 0.837. The van der Waals surface area contributed by atoms with E-state index in [1.807, 2.05) is 12.1 Å². The number of hydrogen-bond donors (Lipinski definition) is 0. The fourth-order valence-electron chi connectivity index (χ4n) is 2.78. The molecule has 130 valence electrons. The fraction of sp³-hybridized carbons (Fsp3) is 0.263. The van der Waals surface area contributed by atoms with Crippen LogP contribution in [0.1, 0.15) is 16.8 Å². The molecule has 1 heterocycles. The van der Waals surface area contributed by atoms with Gasteiger partial charge in [0.1, 0.15) is 5.75 Å². The van der Waals surface area contributed by atoms with Gasteiger partial charge in [-0.25, -0.2) is 0 Å². The van der Waals surface area contributed by atoms with Gasteiger partial charge in [-0.05, 0) is 30.3 Å². The highest BCUT2D eigenvalue weighted by Crippen LogP contribution is 2.31. The van der Waals surface area contributed by atoms with Crippen molar-refractivity contribution in [3.05, 3.63) is 48.0 Å². The Balaban J connectivity index is 1.77. The number of anilines is 1. The molecule has 1 aliphatic rings. The van der Waals surface area contributed by atoms with E-state index in [0.29, 0.717) is 35.0 Å². The molecule has 1 amide bonds. The zero-order valence-electron chi connectivity index (χ0n) is 14.2. The second kappa shape index (κ2) is 7.25. The van der Waals surface area contributed by atoms with E-state index in [2.05, 4.69) is 0 Å². The molecule has 0 radical (unpaired) electrons. The topological polar surface area (TPSA) is 65.1 Å². The van der Waals surface area contributed by atoms with Crippen molar-refractivity contribution in [3.63, 3.8) is 0 Å². The van der Waals surface area contributed by atoms with Gasteiger partial charge in [-0.3, -0.25) is 9.59 Å². The van der Waals surface area contributed by atoms with Crippen LogP contribution in [0, 0.1) is 0 Å². The van der Waals surface area contributed by atoms with E-state index in [-0.39, 0.29) is 24.7 Å². The van der Waals surface area contributed by atoms with E-state index in [4.69, 9.17) is 14.2 Å². The molecule has 0 bridgehead atoms. The molecule has 0 saturated heterocycles. The lowest BCUT2D eigenvalue weighted by molar-refractivity contribution is -0.120. The van der Waals surface area contributed by atoms with E-state index in [1.54, 1.807) is 49.5 Å². The average Bonchev–Trinajstić information content (AvgIpc) is 2.66. The maximum absolute atomic E-state index is 12.6. The maximum atomic E-state index is 12.6. The van der Waals surface area contributed by atoms with Crippen LogP contribution < -0.4 is 19.1 Å². The number of rotatable bonds is 5. The molecule has 1 aliphatic heterocycles. The van der Waals surface area contributed by atoms with Gasteiger partial charge in [0, 0.05) is 18.5 Å². The Labute approximate surface area is 145 Å². The first kappa shape index (κ1) is 16.8. The van der Waals surface area contributed by atoms with Crippen molar-refractivity contribution in [2.24, 2.45) is 0 Å². The van der Waals surface area contributed by atoms with Crippen LogP contribution in [0.2, 0.25) is 0 Å². The molecule has 3 rings (SSSR count). The first-order chi connectivity index (χ1) is 12.1. The van der Waals surface area contributed by atoms with Crippen LogP contribution in [0.3, 0.4) is 0 Å². The highest BCUT2D eigenvalue weighted by atomic mass is 16.5. The zero-order valence-corrected chi connectivity index (χ0v) is 14.2. The third kappa shape index (κ3) is 3.42. The molecule has 2 aromatic rings. The van der Waals surface area contributed by atoms with E-state index in [1.165, 1.54) is 0 Å². The summed E-state index contributed by atoms with van der Waals surface area (Å²) in [6.45, 7) is 0.201. The Bertz CT molecular complexity index is 802. The molecule has 6 heteroatoms. The number of amides is 1. The summed E-state index contributed by atoms with van der Waals surface area (Å²) in [7, 11) is 3.09. The lowest BCUT2D eigenvalue weighted by atomic mass is 10.00. The minimum Gasteiger partial charge on any atom is -0.497 e. The summed E-state index contributed by atoms with van der Waals surface area (Å²) in [5.74, 6) is 1.44. The van der Waals surface area contributed by atoms with Crippen molar-refractivity contribution in [2.45, 2.75) is 6.42 Å². The third-order valence-corrected chi connectivity index (χ3v) is 4.08. The standard InChI is InChI=1S/C19H19NO5/c1-23-13-7-8-15-14(11-13)16(21)9-10-20(15)19(22)12-25-18-6-4-3-5-17(18)24-2/h3-8,11H,9-10,12H2,1-2H3. The summed E-state index contributed by atoms with van der Waals surface area (Å²) >= 11 is 0. The van der Waals surface area contributed by atoms with Crippen LogP contribution in [0.5, 0.6) is 17.2 Å². The Hall–Kier alpha value is -3.02. The number of methoxy groups -OCH3 is 2. The Morgan fingerprint density at radius 1 is 1.08 bits per heavy atom. The number of benzene rings is 2. The van der Waals surface area contributed by atoms with Crippen molar-refractivity contribution in [3.8, 4) is 17.2 Å². The Kier molecular flexibility index (Phi) is 4.88. The number of ether oxygens (including phenoxy) is 3. The highest BCUT2D eigenvalue weighted by molar-refractivity contribution is 6.09. The normalized spacial score (nSPS) is 13.2. The molecular weight excluding hydrogens is 322 g/mol. The minimum atomic E-state index is -0.218. The Morgan fingerprint density at radius 3 is 2.56 bits per heavy atom. The van der Waals surface area contributed by atoms with Crippen molar-refractivity contribution >= 4 is 17.4 Å².